The summed E-state index contributed by atoms with van der Waals surface area (Å²) in [5.74, 6) is -1.56. The van der Waals surface area contributed by atoms with Crippen molar-refractivity contribution in [1.29, 1.82) is 0 Å². The third-order valence-electron chi connectivity index (χ3n) is 1.87. The van der Waals surface area contributed by atoms with Crippen molar-refractivity contribution < 1.29 is 14.0 Å². The first-order chi connectivity index (χ1) is 7.49. The molecule has 16 heavy (non-hydrogen) atoms. The predicted molar refractivity (Wildman–Crippen MR) is 54.9 cm³/mol. The second-order valence-corrected chi connectivity index (χ2v) is 3.41. The van der Waals surface area contributed by atoms with Gasteiger partial charge in [-0.25, -0.2) is 4.98 Å². The van der Waals surface area contributed by atoms with Gasteiger partial charge in [-0.15, -0.1) is 0 Å². The van der Waals surface area contributed by atoms with E-state index in [1.165, 1.54) is 6.07 Å². The molecule has 5 nitrogen and oxygen atoms in total. The molecule has 1 heterocycles. The molecule has 0 aliphatic rings. The molecule has 0 aliphatic heterocycles. The number of nitrogens with two attached hydrogens (primary N) is 1. The lowest BCUT2D eigenvalue weighted by molar-refractivity contribution is -0.118. The molecule has 0 saturated heterocycles. The van der Waals surface area contributed by atoms with Crippen molar-refractivity contribution in [3.63, 3.8) is 0 Å². The number of nitrogens with one attached hydrogen (secondary N) is 1. The Morgan fingerprint density at radius 1 is 1.56 bits per heavy atom. The van der Waals surface area contributed by atoms with E-state index in [9.17, 15) is 14.0 Å². The lowest BCUT2D eigenvalue weighted by atomic mass is 10.2. The van der Waals surface area contributed by atoms with Crippen LogP contribution < -0.4 is 11.1 Å². The van der Waals surface area contributed by atoms with E-state index in [0.29, 0.717) is 0 Å². The number of pyridine rings is 1. The minimum absolute atomic E-state index is 0.0559. The van der Waals surface area contributed by atoms with Crippen molar-refractivity contribution in [3.8, 4) is 0 Å². The maximum absolute atomic E-state index is 12.5. The first-order valence-electron chi connectivity index (χ1n) is 4.69. The van der Waals surface area contributed by atoms with Crippen LogP contribution >= 0.6 is 0 Å². The molecular formula is C10H12FN3O2. The third-order valence-corrected chi connectivity index (χ3v) is 1.87. The molecule has 0 radical (unpaired) electrons. The van der Waals surface area contributed by atoms with Crippen molar-refractivity contribution in [3.05, 3.63) is 29.8 Å². The molecule has 0 aromatic carbocycles. The van der Waals surface area contributed by atoms with Gasteiger partial charge in [-0.2, -0.15) is 4.39 Å². The SMILES string of the molecule is CC(CC(N)=O)NC(=O)c1ccc(F)nc1. The minimum atomic E-state index is -0.651. The Morgan fingerprint density at radius 3 is 2.75 bits per heavy atom. The average Bonchev–Trinajstić information content (AvgIpc) is 2.16. The number of nitrogens with zero attached hydrogens (tertiary/aromatic N) is 1. The molecular weight excluding hydrogens is 213 g/mol. The Morgan fingerprint density at radius 2 is 2.25 bits per heavy atom. The highest BCUT2D eigenvalue weighted by atomic mass is 19.1. The summed E-state index contributed by atoms with van der Waals surface area (Å²) >= 11 is 0. The number of rotatable bonds is 4. The molecule has 0 fully saturated rings. The van der Waals surface area contributed by atoms with Crippen LogP contribution in [0.2, 0.25) is 0 Å². The van der Waals surface area contributed by atoms with Crippen molar-refractivity contribution in [2.24, 2.45) is 5.73 Å². The van der Waals surface area contributed by atoms with Crippen LogP contribution in [0, 0.1) is 5.95 Å². The van der Waals surface area contributed by atoms with E-state index in [-0.39, 0.29) is 18.0 Å². The van der Waals surface area contributed by atoms with E-state index < -0.39 is 17.8 Å². The van der Waals surface area contributed by atoms with Crippen LogP contribution in [0.25, 0.3) is 0 Å². The fraction of sp³-hybridized carbons (Fsp3) is 0.300. The summed E-state index contributed by atoms with van der Waals surface area (Å²) in [7, 11) is 0. The molecule has 0 aliphatic carbocycles. The Balaban J connectivity index is 2.58. The Bertz CT molecular complexity index is 392. The second kappa shape index (κ2) is 5.20. The quantitative estimate of drug-likeness (QED) is 0.718. The summed E-state index contributed by atoms with van der Waals surface area (Å²) in [6.45, 7) is 1.65. The molecule has 86 valence electrons. The fourth-order valence-electron chi connectivity index (χ4n) is 1.17. The smallest absolute Gasteiger partial charge is 0.253 e. The van der Waals surface area contributed by atoms with E-state index in [0.717, 1.165) is 12.3 Å². The van der Waals surface area contributed by atoms with Crippen LogP contribution in [0.5, 0.6) is 0 Å². The number of aromatic nitrogens is 1. The lowest BCUT2D eigenvalue weighted by Gasteiger charge is -2.11. The molecule has 0 spiro atoms. The van der Waals surface area contributed by atoms with E-state index in [2.05, 4.69) is 10.3 Å². The molecule has 1 atom stereocenters. The van der Waals surface area contributed by atoms with E-state index in [1.54, 1.807) is 6.92 Å². The first-order valence-corrected chi connectivity index (χ1v) is 4.69. The molecule has 0 saturated carbocycles. The van der Waals surface area contributed by atoms with Crippen molar-refractivity contribution in [2.75, 3.05) is 0 Å². The van der Waals surface area contributed by atoms with Gasteiger partial charge in [-0.05, 0) is 19.1 Å². The summed E-state index contributed by atoms with van der Waals surface area (Å²) in [4.78, 5) is 25.5. The molecule has 1 aromatic heterocycles. The topological polar surface area (TPSA) is 85.1 Å². The summed E-state index contributed by atoms with van der Waals surface area (Å²) in [5, 5.41) is 2.54. The van der Waals surface area contributed by atoms with Gasteiger partial charge in [0.15, 0.2) is 0 Å². The standard InChI is InChI=1S/C10H12FN3O2/c1-6(4-9(12)15)14-10(16)7-2-3-8(11)13-5-7/h2-3,5-6H,4H2,1H3,(H2,12,15)(H,14,16). The number of hydrogen-bond donors (Lipinski definition) is 2. The summed E-state index contributed by atoms with van der Waals surface area (Å²) in [6, 6.07) is 2.04. The molecule has 1 rings (SSSR count). The summed E-state index contributed by atoms with van der Waals surface area (Å²) < 4.78 is 12.5. The normalized spacial score (nSPS) is 11.9. The largest absolute Gasteiger partial charge is 0.370 e. The van der Waals surface area contributed by atoms with E-state index in [1.807, 2.05) is 0 Å². The monoisotopic (exact) mass is 225 g/mol. The van der Waals surface area contributed by atoms with Gasteiger partial charge in [-0.1, -0.05) is 0 Å². The second-order valence-electron chi connectivity index (χ2n) is 3.41. The van der Waals surface area contributed by atoms with Gasteiger partial charge in [0.05, 0.1) is 5.56 Å². The van der Waals surface area contributed by atoms with Gasteiger partial charge >= 0.3 is 0 Å². The van der Waals surface area contributed by atoms with Crippen LogP contribution in [0.1, 0.15) is 23.7 Å². The number of primary amides is 1. The predicted octanol–water partition coefficient (Wildman–Crippen LogP) is 0.214. The average molecular weight is 225 g/mol. The van der Waals surface area contributed by atoms with Gasteiger partial charge in [-0.3, -0.25) is 9.59 Å². The summed E-state index contributed by atoms with van der Waals surface area (Å²) in [6.07, 6.45) is 1.18. The van der Waals surface area contributed by atoms with Crippen molar-refractivity contribution >= 4 is 11.8 Å². The van der Waals surface area contributed by atoms with Crippen LogP contribution in [-0.4, -0.2) is 22.8 Å². The summed E-state index contributed by atoms with van der Waals surface area (Å²) in [5.41, 5.74) is 5.21. The van der Waals surface area contributed by atoms with Crippen LogP contribution in [0.15, 0.2) is 18.3 Å². The highest BCUT2D eigenvalue weighted by Gasteiger charge is 2.11. The maximum atomic E-state index is 12.5. The Kier molecular flexibility index (Phi) is 3.93. The number of halogens is 1. The Labute approximate surface area is 91.9 Å². The number of amides is 2. The maximum Gasteiger partial charge on any atom is 0.253 e. The molecule has 1 unspecified atom stereocenters. The highest BCUT2D eigenvalue weighted by Crippen LogP contribution is 2.00. The van der Waals surface area contributed by atoms with Crippen LogP contribution in [-0.2, 0) is 4.79 Å². The minimum Gasteiger partial charge on any atom is -0.370 e. The zero-order chi connectivity index (χ0) is 12.1. The van der Waals surface area contributed by atoms with Crippen LogP contribution in [0.3, 0.4) is 0 Å². The van der Waals surface area contributed by atoms with Gasteiger partial charge in [0.2, 0.25) is 11.9 Å². The van der Waals surface area contributed by atoms with Gasteiger partial charge in [0.1, 0.15) is 0 Å². The number of hydrogen-bond acceptors (Lipinski definition) is 3. The molecule has 3 N–H and O–H groups in total. The fourth-order valence-corrected chi connectivity index (χ4v) is 1.17. The van der Waals surface area contributed by atoms with E-state index in [4.69, 9.17) is 5.73 Å². The third kappa shape index (κ3) is 3.64. The van der Waals surface area contributed by atoms with E-state index >= 15 is 0 Å². The lowest BCUT2D eigenvalue weighted by Crippen LogP contribution is -2.35. The number of carbonyl (C=O) groups is 2. The molecule has 6 heteroatoms. The highest BCUT2D eigenvalue weighted by molar-refractivity contribution is 5.94. The van der Waals surface area contributed by atoms with Gasteiger partial charge in [0, 0.05) is 18.7 Å². The zero-order valence-corrected chi connectivity index (χ0v) is 8.74. The van der Waals surface area contributed by atoms with Crippen LogP contribution in [0.4, 0.5) is 4.39 Å². The van der Waals surface area contributed by atoms with Crippen molar-refractivity contribution in [2.45, 2.75) is 19.4 Å². The molecule has 0 bridgehead atoms. The number of carbonyl (C=O) groups excluding carboxylic acids is 2. The van der Waals surface area contributed by atoms with Gasteiger partial charge in [0.25, 0.3) is 5.91 Å². The zero-order valence-electron chi connectivity index (χ0n) is 8.74. The van der Waals surface area contributed by atoms with Crippen molar-refractivity contribution in [1.82, 2.24) is 10.3 Å². The van der Waals surface area contributed by atoms with Gasteiger partial charge < -0.3 is 11.1 Å². The molecule has 2 amide bonds. The first kappa shape index (κ1) is 12.1. The Hall–Kier alpha value is -1.98. The molecule has 1 aromatic rings.